The largest absolute Gasteiger partial charge is 0.457 e. The highest BCUT2D eigenvalue weighted by Crippen LogP contribution is 2.16. The molecule has 0 fully saturated rings. The van der Waals surface area contributed by atoms with Crippen LogP contribution >= 0.6 is 15.9 Å². The Morgan fingerprint density at radius 2 is 2.50 bits per heavy atom. The fourth-order valence-electron chi connectivity index (χ4n) is 0.432. The molecule has 0 atom stereocenters. The number of furan rings is 1. The van der Waals surface area contributed by atoms with E-state index in [0.29, 0.717) is 4.67 Å². The molecule has 0 unspecified atom stereocenters. The van der Waals surface area contributed by atoms with E-state index in [1.165, 1.54) is 6.26 Å². The topological polar surface area (TPSA) is 33.4 Å². The summed E-state index contributed by atoms with van der Waals surface area (Å²) < 4.78 is 5.42. The zero-order chi connectivity index (χ0) is 5.98. The number of aliphatic hydroxyl groups is 1. The second-order valence-electron chi connectivity index (χ2n) is 1.38. The molecule has 0 aliphatic rings. The number of rotatable bonds is 1. The summed E-state index contributed by atoms with van der Waals surface area (Å²) in [6, 6.07) is 1.71. The van der Waals surface area contributed by atoms with Crippen molar-refractivity contribution in [3.8, 4) is 0 Å². The third kappa shape index (κ3) is 0.928. The Bertz CT molecular complexity index is 171. The molecule has 0 bridgehead atoms. The molecule has 1 aromatic rings. The number of hydrogen-bond acceptors (Lipinski definition) is 2. The molecule has 0 saturated carbocycles. The van der Waals surface area contributed by atoms with Crippen molar-refractivity contribution in [1.82, 2.24) is 0 Å². The van der Waals surface area contributed by atoms with Crippen LogP contribution in [0.25, 0.3) is 0 Å². The van der Waals surface area contributed by atoms with Gasteiger partial charge in [-0.15, -0.1) is 0 Å². The molecule has 3 heteroatoms. The first-order valence-corrected chi connectivity index (χ1v) is 2.96. The molecule has 44 valence electrons. The van der Waals surface area contributed by atoms with Gasteiger partial charge in [0.1, 0.15) is 0 Å². The summed E-state index contributed by atoms with van der Waals surface area (Å²) in [5, 5.41) is 8.52. The first kappa shape index (κ1) is 5.85. The van der Waals surface area contributed by atoms with Gasteiger partial charge < -0.3 is 9.52 Å². The summed E-state index contributed by atoms with van der Waals surface area (Å²) in [6.07, 6.45) is 1.52. The van der Waals surface area contributed by atoms with Gasteiger partial charge in [0.25, 0.3) is 0 Å². The minimum Gasteiger partial charge on any atom is -0.457 e. The molecule has 1 aromatic heterocycles. The maximum absolute atomic E-state index is 8.52. The van der Waals surface area contributed by atoms with E-state index in [2.05, 4.69) is 15.9 Å². The maximum Gasteiger partial charge on any atom is 0.174 e. The Hall–Kier alpha value is -0.280. The van der Waals surface area contributed by atoms with Crippen LogP contribution in [0.5, 0.6) is 0 Å². The molecule has 0 amide bonds. The molecule has 1 rings (SSSR count). The fraction of sp³-hybridized carbons (Fsp3) is 0.200. The van der Waals surface area contributed by atoms with Crippen LogP contribution in [0.4, 0.5) is 0 Å². The highest BCUT2D eigenvalue weighted by Gasteiger charge is 1.97. The molecular formula is C5H5BrO2. The standard InChI is InChI=1S/C5H5BrO2/c6-5-4(3-7)1-2-8-5/h1-2,7H,3H2. The highest BCUT2D eigenvalue weighted by atomic mass is 79.9. The van der Waals surface area contributed by atoms with Gasteiger partial charge >= 0.3 is 0 Å². The summed E-state index contributed by atoms with van der Waals surface area (Å²) in [7, 11) is 0. The van der Waals surface area contributed by atoms with Crippen LogP contribution in [0.1, 0.15) is 5.56 Å². The molecule has 0 saturated heterocycles. The number of hydrogen-bond donors (Lipinski definition) is 1. The average molecular weight is 177 g/mol. The highest BCUT2D eigenvalue weighted by molar-refractivity contribution is 9.10. The van der Waals surface area contributed by atoms with E-state index in [9.17, 15) is 0 Å². The van der Waals surface area contributed by atoms with Gasteiger partial charge in [-0.05, 0) is 22.0 Å². The van der Waals surface area contributed by atoms with Crippen LogP contribution in [-0.4, -0.2) is 5.11 Å². The lowest BCUT2D eigenvalue weighted by atomic mass is 10.4. The van der Waals surface area contributed by atoms with Crippen LogP contribution in [0, 0.1) is 0 Å². The van der Waals surface area contributed by atoms with Gasteiger partial charge in [-0.3, -0.25) is 0 Å². The molecule has 2 nitrogen and oxygen atoms in total. The Morgan fingerprint density at radius 3 is 2.75 bits per heavy atom. The van der Waals surface area contributed by atoms with Gasteiger partial charge in [-0.1, -0.05) is 0 Å². The van der Waals surface area contributed by atoms with E-state index in [4.69, 9.17) is 9.52 Å². The monoisotopic (exact) mass is 176 g/mol. The predicted octanol–water partition coefficient (Wildman–Crippen LogP) is 1.53. The summed E-state index contributed by atoms with van der Waals surface area (Å²) in [4.78, 5) is 0. The van der Waals surface area contributed by atoms with Crippen LogP contribution in [0.3, 0.4) is 0 Å². The minimum atomic E-state index is 0.0249. The normalized spacial score (nSPS) is 9.75. The molecule has 8 heavy (non-hydrogen) atoms. The molecule has 0 radical (unpaired) electrons. The van der Waals surface area contributed by atoms with E-state index in [1.54, 1.807) is 6.07 Å². The first-order valence-electron chi connectivity index (χ1n) is 2.17. The van der Waals surface area contributed by atoms with Crippen molar-refractivity contribution in [3.05, 3.63) is 22.6 Å². The van der Waals surface area contributed by atoms with Crippen LogP contribution in [0.2, 0.25) is 0 Å². The minimum absolute atomic E-state index is 0.0249. The van der Waals surface area contributed by atoms with Crippen molar-refractivity contribution in [3.63, 3.8) is 0 Å². The van der Waals surface area contributed by atoms with E-state index >= 15 is 0 Å². The van der Waals surface area contributed by atoms with Gasteiger partial charge in [-0.25, -0.2) is 0 Å². The number of aliphatic hydroxyl groups excluding tert-OH is 1. The zero-order valence-electron chi connectivity index (χ0n) is 4.10. The Kier molecular flexibility index (Phi) is 1.70. The molecule has 1 N–H and O–H groups in total. The molecule has 1 heterocycles. The molecule has 0 aliphatic heterocycles. The lowest BCUT2D eigenvalue weighted by molar-refractivity contribution is 0.279. The molecule has 0 aromatic carbocycles. The van der Waals surface area contributed by atoms with Gasteiger partial charge in [0.05, 0.1) is 12.9 Å². The Balaban J connectivity index is 2.92. The van der Waals surface area contributed by atoms with E-state index in [1.807, 2.05) is 0 Å². The SMILES string of the molecule is OCc1ccoc1Br. The van der Waals surface area contributed by atoms with E-state index in [0.717, 1.165) is 5.56 Å². The van der Waals surface area contributed by atoms with Crippen LogP contribution < -0.4 is 0 Å². The molecule has 0 aliphatic carbocycles. The van der Waals surface area contributed by atoms with Gasteiger partial charge in [0, 0.05) is 5.56 Å². The van der Waals surface area contributed by atoms with E-state index < -0.39 is 0 Å². The zero-order valence-corrected chi connectivity index (χ0v) is 5.68. The summed E-state index contributed by atoms with van der Waals surface area (Å²) >= 11 is 3.10. The third-order valence-corrected chi connectivity index (χ3v) is 1.56. The summed E-state index contributed by atoms with van der Waals surface area (Å²) in [6.45, 7) is 0.0249. The van der Waals surface area contributed by atoms with Crippen molar-refractivity contribution in [2.24, 2.45) is 0 Å². The van der Waals surface area contributed by atoms with Crippen LogP contribution in [0.15, 0.2) is 21.4 Å². The molecular weight excluding hydrogens is 172 g/mol. The molecule has 0 spiro atoms. The van der Waals surface area contributed by atoms with Gasteiger partial charge in [0.15, 0.2) is 4.67 Å². The lowest BCUT2D eigenvalue weighted by Crippen LogP contribution is -1.75. The first-order chi connectivity index (χ1) is 3.84. The Morgan fingerprint density at radius 1 is 1.75 bits per heavy atom. The van der Waals surface area contributed by atoms with Gasteiger partial charge in [-0.2, -0.15) is 0 Å². The Labute approximate surface area is 55.3 Å². The lowest BCUT2D eigenvalue weighted by Gasteiger charge is -1.84. The summed E-state index contributed by atoms with van der Waals surface area (Å²) in [5.41, 5.74) is 0.782. The second kappa shape index (κ2) is 2.33. The predicted molar refractivity (Wildman–Crippen MR) is 32.3 cm³/mol. The smallest absolute Gasteiger partial charge is 0.174 e. The quantitative estimate of drug-likeness (QED) is 0.705. The van der Waals surface area contributed by atoms with Crippen molar-refractivity contribution in [2.45, 2.75) is 6.61 Å². The van der Waals surface area contributed by atoms with Crippen molar-refractivity contribution in [1.29, 1.82) is 0 Å². The maximum atomic E-state index is 8.52. The number of halogens is 1. The van der Waals surface area contributed by atoms with Crippen molar-refractivity contribution in [2.75, 3.05) is 0 Å². The fourth-order valence-corrected chi connectivity index (χ4v) is 0.797. The van der Waals surface area contributed by atoms with Crippen LogP contribution in [-0.2, 0) is 6.61 Å². The van der Waals surface area contributed by atoms with Crippen molar-refractivity contribution >= 4 is 15.9 Å². The second-order valence-corrected chi connectivity index (χ2v) is 2.10. The van der Waals surface area contributed by atoms with Gasteiger partial charge in [0.2, 0.25) is 0 Å². The van der Waals surface area contributed by atoms with Crippen molar-refractivity contribution < 1.29 is 9.52 Å². The average Bonchev–Trinajstić information content (AvgIpc) is 2.14. The third-order valence-electron chi connectivity index (χ3n) is 0.864. The summed E-state index contributed by atoms with van der Waals surface area (Å²) in [5.74, 6) is 0. The van der Waals surface area contributed by atoms with E-state index in [-0.39, 0.29) is 6.61 Å².